The maximum atomic E-state index is 14.5. The van der Waals surface area contributed by atoms with Gasteiger partial charge in [0.2, 0.25) is 0 Å². The number of likely N-dealkylation sites (tertiary alicyclic amines) is 1. The molecule has 3 aromatic carbocycles. The van der Waals surface area contributed by atoms with Gasteiger partial charge in [0.15, 0.2) is 10.6 Å². The van der Waals surface area contributed by atoms with E-state index in [2.05, 4.69) is 9.30 Å². The van der Waals surface area contributed by atoms with Gasteiger partial charge in [0.25, 0.3) is 5.91 Å². The number of carbonyl (C=O) groups excluding carboxylic acids is 1. The Morgan fingerprint density at radius 2 is 1.66 bits per heavy atom. The summed E-state index contributed by atoms with van der Waals surface area (Å²) in [6.07, 6.45) is -5.20. The molecule has 230 valence electrons. The molecular weight excluding hydrogens is 641 g/mol. The normalized spacial score (nSPS) is 22.6. The summed E-state index contributed by atoms with van der Waals surface area (Å²) in [5, 5.41) is -0.966. The van der Waals surface area contributed by atoms with Crippen molar-refractivity contribution < 1.29 is 31.8 Å². The summed E-state index contributed by atoms with van der Waals surface area (Å²) in [4.78, 5) is 17.2. The summed E-state index contributed by atoms with van der Waals surface area (Å²) in [5.41, 5.74) is 3.28. The third kappa shape index (κ3) is 4.88. The first-order valence-corrected chi connectivity index (χ1v) is 15.5. The van der Waals surface area contributed by atoms with Gasteiger partial charge in [-0.15, -0.1) is 0 Å². The van der Waals surface area contributed by atoms with Crippen LogP contribution in [0.25, 0.3) is 0 Å². The minimum atomic E-state index is -4.72. The molecule has 0 radical (unpaired) electrons. The fraction of sp³-hybridized carbons (Fsp3) is 0.355. The monoisotopic (exact) mass is 665 g/mol. The third-order valence-corrected chi connectivity index (χ3v) is 10.5. The number of hydrogen-bond acceptors (Lipinski definition) is 6. The fourth-order valence-corrected chi connectivity index (χ4v) is 7.72. The van der Waals surface area contributed by atoms with Crippen LogP contribution < -0.4 is 4.90 Å². The number of benzene rings is 3. The number of amides is 1. The Labute approximate surface area is 265 Å². The Hall–Kier alpha value is -2.83. The van der Waals surface area contributed by atoms with Crippen molar-refractivity contribution in [3.63, 3.8) is 0 Å². The van der Waals surface area contributed by atoms with E-state index >= 15 is 0 Å². The molecule has 4 heterocycles. The maximum Gasteiger partial charge on any atom is 0.409 e. The number of hydrogen-bond donors (Lipinski definition) is 0. The van der Waals surface area contributed by atoms with Gasteiger partial charge in [-0.25, -0.2) is 8.79 Å². The predicted molar refractivity (Wildman–Crippen MR) is 161 cm³/mol. The largest absolute Gasteiger partial charge is 0.409 e. The van der Waals surface area contributed by atoms with Crippen molar-refractivity contribution in [3.8, 4) is 0 Å². The third-order valence-electron chi connectivity index (χ3n) is 8.74. The lowest BCUT2D eigenvalue weighted by Gasteiger charge is -2.47. The predicted octanol–water partition coefficient (Wildman–Crippen LogP) is 7.15. The van der Waals surface area contributed by atoms with Crippen molar-refractivity contribution in [1.82, 2.24) is 4.90 Å². The highest BCUT2D eigenvalue weighted by atomic mass is 35.5. The molecule has 13 heteroatoms. The van der Waals surface area contributed by atoms with Crippen molar-refractivity contribution in [2.24, 2.45) is 4.40 Å². The molecule has 1 spiro atoms. The molecule has 2 saturated heterocycles. The van der Waals surface area contributed by atoms with Gasteiger partial charge in [0.1, 0.15) is 5.60 Å². The first-order valence-electron chi connectivity index (χ1n) is 14.0. The Bertz CT molecular complexity index is 1650. The Kier molecular flexibility index (Phi) is 7.40. The molecule has 4 aliphatic rings. The number of ether oxygens (including phenoxy) is 2. The molecule has 4 aliphatic heterocycles. The van der Waals surface area contributed by atoms with Gasteiger partial charge >= 0.3 is 6.18 Å². The second-order valence-corrected chi connectivity index (χ2v) is 13.2. The highest BCUT2D eigenvalue weighted by Gasteiger charge is 2.60. The van der Waals surface area contributed by atoms with Gasteiger partial charge in [-0.3, -0.25) is 4.79 Å². The highest BCUT2D eigenvalue weighted by molar-refractivity contribution is 7.99. The van der Waals surface area contributed by atoms with E-state index in [4.69, 9.17) is 32.7 Å². The van der Waals surface area contributed by atoms with Crippen molar-refractivity contribution in [3.05, 3.63) is 98.3 Å². The first kappa shape index (κ1) is 29.9. The van der Waals surface area contributed by atoms with Crippen molar-refractivity contribution in [2.75, 3.05) is 44.3 Å². The van der Waals surface area contributed by atoms with E-state index in [9.17, 15) is 22.4 Å². The van der Waals surface area contributed by atoms with Crippen molar-refractivity contribution in [1.29, 1.82) is 0 Å². The molecule has 1 atom stereocenters. The standard InChI is InChI=1S/C31H25Cl2F4N3O3S/c32-24-12-21(13-25(33)27(24)34)30(31(35,36)37)14-26(38-44-30)19-3-6-23-20(11-19)15-43-29(23)16-40(17-29)28(41)18-1-4-22(5-2-18)39-7-9-42-10-8-39/h1-6,11-13H,7-10,14-17H2/t30-/m0/s1. The number of nitrogens with zero attached hydrogens (tertiary/aromatic N) is 3. The van der Waals surface area contributed by atoms with Crippen LogP contribution in [0.1, 0.15) is 39.0 Å². The van der Waals surface area contributed by atoms with Gasteiger partial charge in [0, 0.05) is 30.8 Å². The van der Waals surface area contributed by atoms with E-state index in [1.807, 2.05) is 30.3 Å². The molecule has 0 aliphatic carbocycles. The molecule has 0 unspecified atom stereocenters. The topological polar surface area (TPSA) is 54.4 Å². The van der Waals surface area contributed by atoms with Crippen LogP contribution in [0.5, 0.6) is 0 Å². The SMILES string of the molecule is O=C(c1ccc(N2CCOCC2)cc1)N1CC2(C1)OCc1cc(C3=NS[C@@](c4cc(Cl)c(F)c(Cl)c4)(C(F)(F)F)C3)ccc12. The van der Waals surface area contributed by atoms with Crippen molar-refractivity contribution >= 4 is 52.5 Å². The Morgan fingerprint density at radius 1 is 0.977 bits per heavy atom. The average Bonchev–Trinajstić information content (AvgIpc) is 3.63. The molecule has 7 rings (SSSR count). The molecule has 6 nitrogen and oxygen atoms in total. The van der Waals surface area contributed by atoms with Crippen LogP contribution in [0.15, 0.2) is 59.0 Å². The molecule has 2 fully saturated rings. The summed E-state index contributed by atoms with van der Waals surface area (Å²) in [6.45, 7) is 4.02. The van der Waals surface area contributed by atoms with E-state index in [-0.39, 0.29) is 23.8 Å². The van der Waals surface area contributed by atoms with Gasteiger partial charge in [-0.2, -0.15) is 13.2 Å². The zero-order valence-electron chi connectivity index (χ0n) is 23.1. The molecular formula is C31H25Cl2F4N3O3S. The van der Waals surface area contributed by atoms with E-state index < -0.39 is 38.8 Å². The van der Waals surface area contributed by atoms with E-state index in [0.29, 0.717) is 49.4 Å². The molecule has 1 amide bonds. The second kappa shape index (κ2) is 10.9. The van der Waals surface area contributed by atoms with Gasteiger partial charge in [0.05, 0.1) is 48.7 Å². The molecule has 0 N–H and O–H groups in total. The zero-order valence-corrected chi connectivity index (χ0v) is 25.4. The first-order chi connectivity index (χ1) is 21.0. The molecule has 0 aromatic heterocycles. The fourth-order valence-electron chi connectivity index (χ4n) is 6.27. The number of carbonyl (C=O) groups is 1. The average molecular weight is 667 g/mol. The van der Waals surface area contributed by atoms with E-state index in [1.54, 1.807) is 17.0 Å². The van der Waals surface area contributed by atoms with Crippen LogP contribution in [-0.4, -0.2) is 62.1 Å². The Balaban J connectivity index is 1.06. The van der Waals surface area contributed by atoms with E-state index in [0.717, 1.165) is 42.0 Å². The molecule has 0 saturated carbocycles. The van der Waals surface area contributed by atoms with Crippen LogP contribution in [0.4, 0.5) is 23.2 Å². The van der Waals surface area contributed by atoms with Crippen LogP contribution in [0.3, 0.4) is 0 Å². The maximum absolute atomic E-state index is 14.5. The number of fused-ring (bicyclic) bond motifs is 2. The lowest BCUT2D eigenvalue weighted by Crippen LogP contribution is -2.61. The quantitative estimate of drug-likeness (QED) is 0.168. The van der Waals surface area contributed by atoms with Crippen LogP contribution in [-0.2, 0) is 26.4 Å². The summed E-state index contributed by atoms with van der Waals surface area (Å²) < 4.78 is 70.9. The van der Waals surface area contributed by atoms with Crippen LogP contribution >= 0.6 is 35.1 Å². The number of halogens is 6. The summed E-state index contributed by atoms with van der Waals surface area (Å²) >= 11 is 12.1. The number of anilines is 1. The lowest BCUT2D eigenvalue weighted by atomic mass is 9.83. The number of morpholine rings is 1. The highest BCUT2D eigenvalue weighted by Crippen LogP contribution is 2.57. The minimum absolute atomic E-state index is 0.0837. The summed E-state index contributed by atoms with van der Waals surface area (Å²) in [7, 11) is 0. The molecule has 44 heavy (non-hydrogen) atoms. The van der Waals surface area contributed by atoms with Gasteiger partial charge in [-0.1, -0.05) is 35.3 Å². The smallest absolute Gasteiger partial charge is 0.378 e. The van der Waals surface area contributed by atoms with E-state index in [1.165, 1.54) is 0 Å². The Morgan fingerprint density at radius 3 is 2.32 bits per heavy atom. The zero-order chi connectivity index (χ0) is 30.9. The van der Waals surface area contributed by atoms with Crippen LogP contribution in [0.2, 0.25) is 10.0 Å². The van der Waals surface area contributed by atoms with Crippen molar-refractivity contribution in [2.45, 2.75) is 29.6 Å². The van der Waals surface area contributed by atoms with Crippen LogP contribution in [0, 0.1) is 5.82 Å². The summed E-state index contributed by atoms with van der Waals surface area (Å²) in [6, 6.07) is 14.9. The number of alkyl halides is 3. The summed E-state index contributed by atoms with van der Waals surface area (Å²) in [5.74, 6) is -1.05. The van der Waals surface area contributed by atoms with Gasteiger partial charge < -0.3 is 19.3 Å². The minimum Gasteiger partial charge on any atom is -0.378 e. The number of rotatable bonds is 4. The lowest BCUT2D eigenvalue weighted by molar-refractivity contribution is -0.159. The second-order valence-electron chi connectivity index (χ2n) is 11.3. The van der Waals surface area contributed by atoms with Gasteiger partial charge in [-0.05, 0) is 76.7 Å². The molecule has 3 aromatic rings. The molecule has 0 bridgehead atoms.